The molecule has 1 N–H and O–H groups in total. The van der Waals surface area contributed by atoms with Crippen LogP contribution in [-0.2, 0) is 14.3 Å². The van der Waals surface area contributed by atoms with E-state index in [0.717, 1.165) is 5.56 Å². The van der Waals surface area contributed by atoms with Gasteiger partial charge >= 0.3 is 0 Å². The Kier molecular flexibility index (Phi) is 4.46. The highest BCUT2D eigenvalue weighted by Crippen LogP contribution is 2.23. The first kappa shape index (κ1) is 15.7. The minimum absolute atomic E-state index is 0.0734. The summed E-state index contributed by atoms with van der Waals surface area (Å²) in [5.41, 5.74) is -0.341. The van der Waals surface area contributed by atoms with Gasteiger partial charge in [0.25, 0.3) is 5.91 Å². The first-order chi connectivity index (χ1) is 11.1. The highest BCUT2D eigenvalue weighted by Gasteiger charge is 2.34. The van der Waals surface area contributed by atoms with Crippen LogP contribution in [0.1, 0.15) is 18.4 Å². The zero-order valence-corrected chi connectivity index (χ0v) is 13.2. The van der Waals surface area contributed by atoms with Crippen LogP contribution < -0.4 is 0 Å². The maximum Gasteiger partial charge on any atom is 0.292 e. The molecule has 0 unspecified atom stereocenters. The lowest BCUT2D eigenvalue weighted by Crippen LogP contribution is -2.46. The smallest absolute Gasteiger partial charge is 0.292 e. The van der Waals surface area contributed by atoms with Crippen LogP contribution in [0.4, 0.5) is 0 Å². The number of ether oxygens (including phenoxy) is 2. The van der Waals surface area contributed by atoms with Crippen molar-refractivity contribution in [2.24, 2.45) is 0 Å². The quantitative estimate of drug-likeness (QED) is 0.797. The molecule has 0 aliphatic carbocycles. The van der Waals surface area contributed by atoms with Gasteiger partial charge in [0.15, 0.2) is 0 Å². The van der Waals surface area contributed by atoms with Gasteiger partial charge in [-0.3, -0.25) is 4.79 Å². The van der Waals surface area contributed by atoms with Crippen LogP contribution in [0, 0.1) is 11.8 Å². The zero-order valence-electron chi connectivity index (χ0n) is 12.4. The van der Waals surface area contributed by atoms with Gasteiger partial charge in [-0.05, 0) is 18.2 Å². The van der Waals surface area contributed by atoms with Gasteiger partial charge in [-0.15, -0.1) is 0 Å². The fourth-order valence-corrected chi connectivity index (χ4v) is 2.66. The van der Waals surface area contributed by atoms with Crippen LogP contribution in [0.15, 0.2) is 36.3 Å². The highest BCUT2D eigenvalue weighted by molar-refractivity contribution is 6.30. The molecular weight excluding hydrogens is 318 g/mol. The maximum absolute atomic E-state index is 12.1. The van der Waals surface area contributed by atoms with Crippen molar-refractivity contribution in [2.45, 2.75) is 18.4 Å². The largest absolute Gasteiger partial charge is 0.461 e. The number of aliphatic hydroxyl groups is 1. The summed E-state index contributed by atoms with van der Waals surface area (Å²) >= 11 is 5.92. The molecule has 0 aromatic heterocycles. The summed E-state index contributed by atoms with van der Waals surface area (Å²) in [6.07, 6.45) is 2.10. The summed E-state index contributed by atoms with van der Waals surface area (Å²) in [7, 11) is 0. The van der Waals surface area contributed by atoms with E-state index >= 15 is 0 Å². The monoisotopic (exact) mass is 333 g/mol. The van der Waals surface area contributed by atoms with E-state index in [0.29, 0.717) is 31.0 Å². The van der Waals surface area contributed by atoms with Crippen LogP contribution >= 0.6 is 11.6 Å². The summed E-state index contributed by atoms with van der Waals surface area (Å²) in [6.45, 7) is 0.907. The predicted molar refractivity (Wildman–Crippen MR) is 84.2 cm³/mol. The second kappa shape index (κ2) is 6.53. The van der Waals surface area contributed by atoms with E-state index in [2.05, 4.69) is 11.8 Å². The fraction of sp³-hybridized carbons (Fsp3) is 0.353. The minimum atomic E-state index is -1.10. The van der Waals surface area contributed by atoms with Crippen molar-refractivity contribution >= 4 is 17.5 Å². The molecule has 0 saturated carbocycles. The number of nitrogens with zero attached hydrogens (tertiary/aromatic N) is 1. The van der Waals surface area contributed by atoms with Gasteiger partial charge in [-0.25, -0.2) is 0 Å². The van der Waals surface area contributed by atoms with Crippen LogP contribution in [0.5, 0.6) is 0 Å². The normalized spacial score (nSPS) is 19.0. The molecule has 0 spiro atoms. The lowest BCUT2D eigenvalue weighted by Gasteiger charge is -2.34. The summed E-state index contributed by atoms with van der Waals surface area (Å²) < 4.78 is 9.97. The molecule has 0 atom stereocenters. The Morgan fingerprint density at radius 3 is 2.78 bits per heavy atom. The molecule has 3 rings (SSSR count). The number of hydrogen-bond acceptors (Lipinski definition) is 4. The standard InChI is InChI=1S/C17H16ClNO4/c18-14-3-1-2-13(10-14)4-5-17(21)6-8-19(9-7-17)16(20)15-11-22-12-23-15/h1-3,10-11,21H,6-9,12H2. The number of benzene rings is 1. The molecule has 23 heavy (non-hydrogen) atoms. The van der Waals surface area contributed by atoms with E-state index in [9.17, 15) is 9.90 Å². The Balaban J connectivity index is 1.62. The molecule has 2 aliphatic heterocycles. The van der Waals surface area contributed by atoms with Gasteiger partial charge in [-0.2, -0.15) is 0 Å². The number of amides is 1. The third kappa shape index (κ3) is 3.79. The molecule has 1 fully saturated rings. The molecule has 1 aromatic rings. The van der Waals surface area contributed by atoms with E-state index in [-0.39, 0.29) is 18.5 Å². The zero-order chi connectivity index (χ0) is 16.3. The number of carbonyl (C=O) groups excluding carboxylic acids is 1. The van der Waals surface area contributed by atoms with Crippen LogP contribution in [0.3, 0.4) is 0 Å². The van der Waals surface area contributed by atoms with Gasteiger partial charge < -0.3 is 19.5 Å². The van der Waals surface area contributed by atoms with Crippen molar-refractivity contribution in [2.75, 3.05) is 19.9 Å². The third-order valence-corrected chi connectivity index (χ3v) is 4.06. The van der Waals surface area contributed by atoms with Gasteiger partial charge in [0, 0.05) is 36.5 Å². The second-order valence-electron chi connectivity index (χ2n) is 5.50. The molecule has 0 radical (unpaired) electrons. The lowest BCUT2D eigenvalue weighted by atomic mass is 9.91. The lowest BCUT2D eigenvalue weighted by molar-refractivity contribution is -0.133. The molecule has 2 heterocycles. The summed E-state index contributed by atoms with van der Waals surface area (Å²) in [4.78, 5) is 13.8. The molecule has 0 bridgehead atoms. The van der Waals surface area contributed by atoms with Gasteiger partial charge in [-0.1, -0.05) is 29.5 Å². The van der Waals surface area contributed by atoms with Crippen LogP contribution in [-0.4, -0.2) is 41.4 Å². The SMILES string of the molecule is O=C(C1=COCO1)N1CCC(O)(C#Cc2cccc(Cl)c2)CC1. The molecule has 1 saturated heterocycles. The fourth-order valence-electron chi connectivity index (χ4n) is 2.47. The van der Waals surface area contributed by atoms with E-state index in [4.69, 9.17) is 21.1 Å². The number of halogens is 1. The average molecular weight is 334 g/mol. The second-order valence-corrected chi connectivity index (χ2v) is 5.93. The summed E-state index contributed by atoms with van der Waals surface area (Å²) in [5, 5.41) is 11.2. The van der Waals surface area contributed by atoms with Crippen molar-refractivity contribution in [3.8, 4) is 11.8 Å². The molecule has 1 aromatic carbocycles. The number of piperidine rings is 1. The van der Waals surface area contributed by atoms with E-state index in [1.807, 2.05) is 12.1 Å². The Morgan fingerprint density at radius 2 is 2.13 bits per heavy atom. The van der Waals surface area contributed by atoms with Crippen molar-refractivity contribution in [3.05, 3.63) is 46.9 Å². The van der Waals surface area contributed by atoms with Gasteiger partial charge in [0.05, 0.1) is 0 Å². The van der Waals surface area contributed by atoms with Crippen molar-refractivity contribution in [3.63, 3.8) is 0 Å². The van der Waals surface area contributed by atoms with E-state index in [1.54, 1.807) is 17.0 Å². The number of carbonyl (C=O) groups is 1. The molecule has 1 amide bonds. The molecule has 6 heteroatoms. The Morgan fingerprint density at radius 1 is 1.35 bits per heavy atom. The first-order valence-electron chi connectivity index (χ1n) is 7.31. The topological polar surface area (TPSA) is 59.0 Å². The van der Waals surface area contributed by atoms with Crippen LogP contribution in [0.2, 0.25) is 5.02 Å². The Labute approximate surface area is 139 Å². The molecular formula is C17H16ClNO4. The Bertz CT molecular complexity index is 696. The number of hydrogen-bond donors (Lipinski definition) is 1. The van der Waals surface area contributed by atoms with E-state index < -0.39 is 5.60 Å². The maximum atomic E-state index is 12.1. The predicted octanol–water partition coefficient (Wildman–Crippen LogP) is 1.89. The summed E-state index contributed by atoms with van der Waals surface area (Å²) in [6, 6.07) is 7.18. The van der Waals surface area contributed by atoms with Gasteiger partial charge in [0.1, 0.15) is 11.9 Å². The van der Waals surface area contributed by atoms with Crippen molar-refractivity contribution < 1.29 is 19.4 Å². The number of rotatable bonds is 1. The first-order valence-corrected chi connectivity index (χ1v) is 7.69. The van der Waals surface area contributed by atoms with Crippen LogP contribution in [0.25, 0.3) is 0 Å². The number of likely N-dealkylation sites (tertiary alicyclic amines) is 1. The van der Waals surface area contributed by atoms with Crippen molar-refractivity contribution in [1.82, 2.24) is 4.90 Å². The van der Waals surface area contributed by atoms with E-state index in [1.165, 1.54) is 6.26 Å². The molecule has 120 valence electrons. The third-order valence-electron chi connectivity index (χ3n) is 3.83. The highest BCUT2D eigenvalue weighted by atomic mass is 35.5. The average Bonchev–Trinajstić information content (AvgIpc) is 3.08. The Hall–Kier alpha value is -2.16. The van der Waals surface area contributed by atoms with Gasteiger partial charge in [0.2, 0.25) is 12.6 Å². The van der Waals surface area contributed by atoms with Crippen molar-refractivity contribution in [1.29, 1.82) is 0 Å². The molecule has 5 nitrogen and oxygen atoms in total. The minimum Gasteiger partial charge on any atom is -0.461 e. The summed E-state index contributed by atoms with van der Waals surface area (Å²) in [5.74, 6) is 5.85. The molecule has 2 aliphatic rings.